The normalized spacial score (nSPS) is 13.7. The van der Waals surface area contributed by atoms with E-state index in [0.717, 1.165) is 57.8 Å². The Hall–Kier alpha value is -1.51. The Labute approximate surface area is 287 Å². The van der Waals surface area contributed by atoms with Gasteiger partial charge in [0.1, 0.15) is 6.61 Å². The van der Waals surface area contributed by atoms with E-state index in [1.54, 1.807) is 0 Å². The van der Waals surface area contributed by atoms with Gasteiger partial charge in [0.2, 0.25) is 0 Å². The molecule has 0 radical (unpaired) electrons. The SMILES string of the molecule is CCCCCC=CCC=CCCCCCCCC(=O)OC[C@H](COP(=O)(O)OCCN)OC(=O)CCCCCCCCCCCCC. The number of hydrogen-bond donors (Lipinski definition) is 2. The molecule has 0 amide bonds. The van der Waals surface area contributed by atoms with Gasteiger partial charge < -0.3 is 20.1 Å². The van der Waals surface area contributed by atoms with Crippen LogP contribution in [0.1, 0.15) is 168 Å². The van der Waals surface area contributed by atoms with Gasteiger partial charge >= 0.3 is 19.8 Å². The van der Waals surface area contributed by atoms with Gasteiger partial charge in [-0.15, -0.1) is 0 Å². The van der Waals surface area contributed by atoms with Gasteiger partial charge in [0.05, 0.1) is 13.2 Å². The fourth-order valence-electron chi connectivity index (χ4n) is 5.02. The molecule has 0 saturated heterocycles. The van der Waals surface area contributed by atoms with Crippen molar-refractivity contribution in [2.75, 3.05) is 26.4 Å². The molecule has 0 heterocycles. The molecule has 3 N–H and O–H groups in total. The van der Waals surface area contributed by atoms with Crippen LogP contribution in [0.2, 0.25) is 0 Å². The van der Waals surface area contributed by atoms with Crippen molar-refractivity contribution in [3.05, 3.63) is 24.3 Å². The van der Waals surface area contributed by atoms with Crippen LogP contribution in [0.25, 0.3) is 0 Å². The van der Waals surface area contributed by atoms with Crippen LogP contribution in [0.3, 0.4) is 0 Å². The number of esters is 2. The summed E-state index contributed by atoms with van der Waals surface area (Å²) in [6.07, 6.45) is 33.5. The zero-order valence-electron chi connectivity index (χ0n) is 30.0. The van der Waals surface area contributed by atoms with Crippen LogP contribution in [0, 0.1) is 0 Å². The molecule has 0 aliphatic rings. The molecule has 0 aliphatic heterocycles. The third-order valence-electron chi connectivity index (χ3n) is 7.84. The highest BCUT2D eigenvalue weighted by Gasteiger charge is 2.25. The van der Waals surface area contributed by atoms with Gasteiger partial charge in [0.25, 0.3) is 0 Å². The lowest BCUT2D eigenvalue weighted by Crippen LogP contribution is -2.29. The second-order valence-corrected chi connectivity index (χ2v) is 13.9. The molecule has 0 rings (SSSR count). The number of allylic oxidation sites excluding steroid dienone is 4. The molecule has 9 nitrogen and oxygen atoms in total. The van der Waals surface area contributed by atoms with Crippen molar-refractivity contribution in [2.24, 2.45) is 5.73 Å². The molecule has 0 aromatic rings. The molecule has 47 heavy (non-hydrogen) atoms. The first-order valence-electron chi connectivity index (χ1n) is 18.8. The van der Waals surface area contributed by atoms with E-state index in [-0.39, 0.29) is 32.6 Å². The second kappa shape index (κ2) is 34.4. The quantitative estimate of drug-likeness (QED) is 0.0289. The second-order valence-electron chi connectivity index (χ2n) is 12.4. The first kappa shape index (κ1) is 45.5. The van der Waals surface area contributed by atoms with Gasteiger partial charge in [-0.2, -0.15) is 0 Å². The van der Waals surface area contributed by atoms with E-state index in [4.69, 9.17) is 24.3 Å². The highest BCUT2D eigenvalue weighted by molar-refractivity contribution is 7.47. The molecular weight excluding hydrogens is 617 g/mol. The number of carbonyl (C=O) groups is 2. The predicted octanol–water partition coefficient (Wildman–Crippen LogP) is 10.0. The van der Waals surface area contributed by atoms with Gasteiger partial charge in [-0.1, -0.05) is 134 Å². The Bertz CT molecular complexity index is 835. The summed E-state index contributed by atoms with van der Waals surface area (Å²) in [6.45, 7) is 3.67. The Morgan fingerprint density at radius 3 is 1.66 bits per heavy atom. The zero-order chi connectivity index (χ0) is 34.7. The largest absolute Gasteiger partial charge is 0.472 e. The minimum absolute atomic E-state index is 0.0526. The van der Waals surface area contributed by atoms with Gasteiger partial charge in [-0.3, -0.25) is 18.6 Å². The van der Waals surface area contributed by atoms with E-state index in [2.05, 4.69) is 38.2 Å². The maximum absolute atomic E-state index is 12.5. The Morgan fingerprint density at radius 1 is 0.638 bits per heavy atom. The molecule has 0 fully saturated rings. The number of phosphoric acid groups is 1. The van der Waals surface area contributed by atoms with E-state index >= 15 is 0 Å². The van der Waals surface area contributed by atoms with Crippen molar-refractivity contribution < 1.29 is 37.6 Å². The summed E-state index contributed by atoms with van der Waals surface area (Å²) in [5.74, 6) is -0.844. The lowest BCUT2D eigenvalue weighted by molar-refractivity contribution is -0.161. The van der Waals surface area contributed by atoms with Crippen molar-refractivity contribution in [2.45, 2.75) is 174 Å². The van der Waals surface area contributed by atoms with Crippen LogP contribution in [-0.4, -0.2) is 49.3 Å². The summed E-state index contributed by atoms with van der Waals surface area (Å²) in [6, 6.07) is 0. The average Bonchev–Trinajstić information content (AvgIpc) is 3.05. The van der Waals surface area contributed by atoms with Crippen LogP contribution < -0.4 is 5.73 Å². The fraction of sp³-hybridized carbons (Fsp3) is 0.838. The van der Waals surface area contributed by atoms with Gasteiger partial charge in [0.15, 0.2) is 6.10 Å². The van der Waals surface area contributed by atoms with E-state index in [1.165, 1.54) is 77.0 Å². The maximum Gasteiger partial charge on any atom is 0.472 e. The lowest BCUT2D eigenvalue weighted by atomic mass is 10.1. The van der Waals surface area contributed by atoms with Gasteiger partial charge in [-0.25, -0.2) is 4.57 Å². The topological polar surface area (TPSA) is 134 Å². The number of hydrogen-bond acceptors (Lipinski definition) is 8. The van der Waals surface area contributed by atoms with Crippen molar-refractivity contribution in [1.82, 2.24) is 0 Å². The molecule has 276 valence electrons. The van der Waals surface area contributed by atoms with E-state index < -0.39 is 32.5 Å². The number of ether oxygens (including phenoxy) is 2. The summed E-state index contributed by atoms with van der Waals surface area (Å²) >= 11 is 0. The summed E-state index contributed by atoms with van der Waals surface area (Å²) in [5.41, 5.74) is 5.32. The average molecular weight is 688 g/mol. The summed E-state index contributed by atoms with van der Waals surface area (Å²) in [5, 5.41) is 0. The smallest absolute Gasteiger partial charge is 0.462 e. The van der Waals surface area contributed by atoms with E-state index in [9.17, 15) is 19.0 Å². The van der Waals surface area contributed by atoms with Crippen molar-refractivity contribution in [3.63, 3.8) is 0 Å². The van der Waals surface area contributed by atoms with Crippen molar-refractivity contribution in [3.8, 4) is 0 Å². The third-order valence-corrected chi connectivity index (χ3v) is 8.82. The standard InChI is InChI=1S/C37H70NO8P/c1-3-5-7-9-11-13-15-16-17-18-20-21-23-25-27-29-36(39)43-33-35(34-45-47(41,42)44-32-31-38)46-37(40)30-28-26-24-22-19-14-12-10-8-6-4-2/h11,13,16-17,35H,3-10,12,14-15,18-34,38H2,1-2H3,(H,41,42)/t35-/m1/s1. The first-order valence-corrected chi connectivity index (χ1v) is 20.3. The van der Waals surface area contributed by atoms with Gasteiger partial charge in [0, 0.05) is 19.4 Å². The number of carbonyl (C=O) groups excluding carboxylic acids is 2. The van der Waals surface area contributed by atoms with Crippen LogP contribution in [-0.2, 0) is 32.7 Å². The molecule has 2 atom stereocenters. The molecule has 1 unspecified atom stereocenters. The molecule has 0 spiro atoms. The number of unbranched alkanes of at least 4 members (excludes halogenated alkanes) is 18. The summed E-state index contributed by atoms with van der Waals surface area (Å²) in [4.78, 5) is 34.6. The fourth-order valence-corrected chi connectivity index (χ4v) is 5.78. The lowest BCUT2D eigenvalue weighted by Gasteiger charge is -2.19. The number of phosphoric ester groups is 1. The highest BCUT2D eigenvalue weighted by atomic mass is 31.2. The molecule has 0 bridgehead atoms. The van der Waals surface area contributed by atoms with Crippen LogP contribution >= 0.6 is 7.82 Å². The van der Waals surface area contributed by atoms with Crippen molar-refractivity contribution >= 4 is 19.8 Å². The van der Waals surface area contributed by atoms with Crippen molar-refractivity contribution in [1.29, 1.82) is 0 Å². The molecule has 10 heteroatoms. The Kier molecular flexibility index (Phi) is 33.3. The number of nitrogens with two attached hydrogens (primary N) is 1. The molecule has 0 aromatic carbocycles. The molecule has 0 aromatic heterocycles. The Morgan fingerprint density at radius 2 is 1.11 bits per heavy atom. The number of rotatable bonds is 35. The minimum atomic E-state index is -4.37. The molecule has 0 aliphatic carbocycles. The van der Waals surface area contributed by atoms with E-state index in [0.29, 0.717) is 6.42 Å². The van der Waals surface area contributed by atoms with Gasteiger partial charge in [-0.05, 0) is 44.9 Å². The molecule has 0 saturated carbocycles. The maximum atomic E-state index is 12.5. The summed E-state index contributed by atoms with van der Waals surface area (Å²) in [7, 11) is -4.37. The minimum Gasteiger partial charge on any atom is -0.462 e. The third kappa shape index (κ3) is 34.2. The van der Waals surface area contributed by atoms with E-state index in [1.807, 2.05) is 0 Å². The summed E-state index contributed by atoms with van der Waals surface area (Å²) < 4.78 is 32.6. The first-order chi connectivity index (χ1) is 22.8. The predicted molar refractivity (Wildman–Crippen MR) is 192 cm³/mol. The molecular formula is C37H70NO8P. The van der Waals surface area contributed by atoms with Crippen LogP contribution in [0.5, 0.6) is 0 Å². The highest BCUT2D eigenvalue weighted by Crippen LogP contribution is 2.43. The zero-order valence-corrected chi connectivity index (χ0v) is 30.9. The Balaban J connectivity index is 4.24. The van der Waals surface area contributed by atoms with Crippen LogP contribution in [0.4, 0.5) is 0 Å². The monoisotopic (exact) mass is 687 g/mol. The van der Waals surface area contributed by atoms with Crippen LogP contribution in [0.15, 0.2) is 24.3 Å².